The lowest BCUT2D eigenvalue weighted by atomic mass is 10.1. The van der Waals surface area contributed by atoms with Gasteiger partial charge in [-0.1, -0.05) is 0 Å². The summed E-state index contributed by atoms with van der Waals surface area (Å²) in [4.78, 5) is 13.8. The number of hydrogen-bond donors (Lipinski definition) is 1. The molecule has 2 rings (SSSR count). The molecule has 4 nitrogen and oxygen atoms in total. The molecular formula is C8H12N2O2. The van der Waals surface area contributed by atoms with Crippen LogP contribution < -0.4 is 5.69 Å². The highest BCUT2D eigenvalue weighted by molar-refractivity contribution is 4.82. The van der Waals surface area contributed by atoms with Crippen LogP contribution in [0.15, 0.2) is 17.2 Å². The van der Waals surface area contributed by atoms with Crippen LogP contribution in [0.4, 0.5) is 0 Å². The van der Waals surface area contributed by atoms with Gasteiger partial charge in [0.05, 0.1) is 0 Å². The summed E-state index contributed by atoms with van der Waals surface area (Å²) in [6.07, 6.45) is 5.37. The van der Waals surface area contributed by atoms with Gasteiger partial charge < -0.3 is 9.72 Å². The highest BCUT2D eigenvalue weighted by atomic mass is 16.5. The minimum Gasteiger partial charge on any atom is -0.381 e. The SMILES string of the molecule is O=c1[nH]ccn1C1CCOCC1. The third-order valence-corrected chi connectivity index (χ3v) is 2.26. The maximum absolute atomic E-state index is 11.2. The highest BCUT2D eigenvalue weighted by Gasteiger charge is 2.16. The number of nitrogens with one attached hydrogen (secondary N) is 1. The molecule has 0 aliphatic carbocycles. The van der Waals surface area contributed by atoms with E-state index in [1.807, 2.05) is 0 Å². The van der Waals surface area contributed by atoms with Gasteiger partial charge in [-0.3, -0.25) is 4.57 Å². The Hall–Kier alpha value is -1.03. The van der Waals surface area contributed by atoms with Gasteiger partial charge in [0, 0.05) is 31.6 Å². The van der Waals surface area contributed by atoms with E-state index in [-0.39, 0.29) is 5.69 Å². The van der Waals surface area contributed by atoms with Crippen LogP contribution >= 0.6 is 0 Å². The van der Waals surface area contributed by atoms with Gasteiger partial charge in [-0.25, -0.2) is 4.79 Å². The first kappa shape index (κ1) is 7.61. The molecule has 1 fully saturated rings. The smallest absolute Gasteiger partial charge is 0.325 e. The molecule has 1 aliphatic heterocycles. The number of H-pyrrole nitrogens is 1. The first-order chi connectivity index (χ1) is 5.88. The topological polar surface area (TPSA) is 47.0 Å². The maximum Gasteiger partial charge on any atom is 0.325 e. The zero-order chi connectivity index (χ0) is 8.39. The summed E-state index contributed by atoms with van der Waals surface area (Å²) in [5, 5.41) is 0. The van der Waals surface area contributed by atoms with Gasteiger partial charge in [-0.05, 0) is 12.8 Å². The van der Waals surface area contributed by atoms with Crippen LogP contribution in [0.25, 0.3) is 0 Å². The van der Waals surface area contributed by atoms with E-state index in [1.54, 1.807) is 17.0 Å². The van der Waals surface area contributed by atoms with Crippen molar-refractivity contribution < 1.29 is 4.74 Å². The van der Waals surface area contributed by atoms with Crippen molar-refractivity contribution in [2.45, 2.75) is 18.9 Å². The van der Waals surface area contributed by atoms with E-state index >= 15 is 0 Å². The molecular weight excluding hydrogens is 156 g/mol. The lowest BCUT2D eigenvalue weighted by Gasteiger charge is -2.22. The lowest BCUT2D eigenvalue weighted by molar-refractivity contribution is 0.0687. The summed E-state index contributed by atoms with van der Waals surface area (Å²) in [7, 11) is 0. The van der Waals surface area contributed by atoms with Crippen LogP contribution in [-0.4, -0.2) is 22.8 Å². The van der Waals surface area contributed by atoms with Crippen molar-refractivity contribution in [2.75, 3.05) is 13.2 Å². The summed E-state index contributed by atoms with van der Waals surface area (Å²) in [5.41, 5.74) is -0.0121. The Balaban J connectivity index is 2.18. The molecule has 0 spiro atoms. The predicted molar refractivity (Wildman–Crippen MR) is 44.1 cm³/mol. The zero-order valence-corrected chi connectivity index (χ0v) is 6.82. The second-order valence-electron chi connectivity index (χ2n) is 3.02. The number of aromatic amines is 1. The van der Waals surface area contributed by atoms with Gasteiger partial charge >= 0.3 is 5.69 Å². The van der Waals surface area contributed by atoms with E-state index < -0.39 is 0 Å². The minimum atomic E-state index is -0.0121. The first-order valence-electron chi connectivity index (χ1n) is 4.21. The number of hydrogen-bond acceptors (Lipinski definition) is 2. The monoisotopic (exact) mass is 168 g/mol. The van der Waals surface area contributed by atoms with E-state index in [0.717, 1.165) is 26.1 Å². The standard InChI is InChI=1S/C8H12N2O2/c11-8-9-3-4-10(8)7-1-5-12-6-2-7/h3-4,7H,1-2,5-6H2,(H,9,11). The Morgan fingerprint density at radius 3 is 2.83 bits per heavy atom. The van der Waals surface area contributed by atoms with Crippen LogP contribution in [0.3, 0.4) is 0 Å². The van der Waals surface area contributed by atoms with Gasteiger partial charge in [-0.2, -0.15) is 0 Å². The molecule has 0 amide bonds. The number of aromatic nitrogens is 2. The predicted octanol–water partition coefficient (Wildman–Crippen LogP) is 0.528. The Morgan fingerprint density at radius 1 is 1.50 bits per heavy atom. The molecule has 1 saturated heterocycles. The average Bonchev–Trinajstić information content (AvgIpc) is 2.53. The number of imidazole rings is 1. The molecule has 2 heterocycles. The number of ether oxygens (including phenoxy) is 1. The Labute approximate surface area is 70.2 Å². The summed E-state index contributed by atoms with van der Waals surface area (Å²) >= 11 is 0. The molecule has 1 aromatic heterocycles. The highest BCUT2D eigenvalue weighted by Crippen LogP contribution is 2.17. The second-order valence-corrected chi connectivity index (χ2v) is 3.02. The molecule has 0 atom stereocenters. The van der Waals surface area contributed by atoms with Crippen LogP contribution in [-0.2, 0) is 4.74 Å². The van der Waals surface area contributed by atoms with Gasteiger partial charge in [-0.15, -0.1) is 0 Å². The Kier molecular flexibility index (Phi) is 1.99. The normalized spacial score (nSPS) is 19.7. The van der Waals surface area contributed by atoms with Crippen LogP contribution in [0, 0.1) is 0 Å². The first-order valence-corrected chi connectivity index (χ1v) is 4.21. The fraction of sp³-hybridized carbons (Fsp3) is 0.625. The van der Waals surface area contributed by atoms with E-state index in [4.69, 9.17) is 4.74 Å². The zero-order valence-electron chi connectivity index (χ0n) is 6.82. The molecule has 1 aliphatic rings. The fourth-order valence-corrected chi connectivity index (χ4v) is 1.58. The molecule has 1 N–H and O–H groups in total. The van der Waals surface area contributed by atoms with Gasteiger partial charge in [0.1, 0.15) is 0 Å². The third-order valence-electron chi connectivity index (χ3n) is 2.26. The van der Waals surface area contributed by atoms with E-state index in [0.29, 0.717) is 6.04 Å². The molecule has 66 valence electrons. The van der Waals surface area contributed by atoms with Crippen molar-refractivity contribution in [1.82, 2.24) is 9.55 Å². The van der Waals surface area contributed by atoms with Crippen molar-refractivity contribution in [3.05, 3.63) is 22.9 Å². The fourth-order valence-electron chi connectivity index (χ4n) is 1.58. The summed E-state index contributed by atoms with van der Waals surface area (Å²) in [6, 6.07) is 0.331. The van der Waals surface area contributed by atoms with Gasteiger partial charge in [0.2, 0.25) is 0 Å². The minimum absolute atomic E-state index is 0.0121. The summed E-state index contributed by atoms with van der Waals surface area (Å²) in [5.74, 6) is 0. The van der Waals surface area contributed by atoms with Gasteiger partial charge in [0.15, 0.2) is 0 Å². The molecule has 12 heavy (non-hydrogen) atoms. The van der Waals surface area contributed by atoms with Crippen LogP contribution in [0.1, 0.15) is 18.9 Å². The van der Waals surface area contributed by atoms with Crippen molar-refractivity contribution in [1.29, 1.82) is 0 Å². The Morgan fingerprint density at radius 2 is 2.25 bits per heavy atom. The largest absolute Gasteiger partial charge is 0.381 e. The van der Waals surface area contributed by atoms with E-state index in [1.165, 1.54) is 0 Å². The van der Waals surface area contributed by atoms with Crippen molar-refractivity contribution in [3.63, 3.8) is 0 Å². The van der Waals surface area contributed by atoms with Gasteiger partial charge in [0.25, 0.3) is 0 Å². The van der Waals surface area contributed by atoms with Crippen molar-refractivity contribution >= 4 is 0 Å². The van der Waals surface area contributed by atoms with E-state index in [9.17, 15) is 4.79 Å². The van der Waals surface area contributed by atoms with Crippen molar-refractivity contribution in [2.24, 2.45) is 0 Å². The molecule has 0 bridgehead atoms. The molecule has 0 radical (unpaired) electrons. The average molecular weight is 168 g/mol. The molecule has 4 heteroatoms. The molecule has 0 saturated carbocycles. The molecule has 0 unspecified atom stereocenters. The molecule has 1 aromatic rings. The number of rotatable bonds is 1. The number of nitrogens with zero attached hydrogens (tertiary/aromatic N) is 1. The van der Waals surface area contributed by atoms with E-state index in [2.05, 4.69) is 4.98 Å². The van der Waals surface area contributed by atoms with Crippen molar-refractivity contribution in [3.8, 4) is 0 Å². The quantitative estimate of drug-likeness (QED) is 0.664. The lowest BCUT2D eigenvalue weighted by Crippen LogP contribution is -2.26. The Bertz CT molecular complexity index is 296. The molecule has 0 aromatic carbocycles. The summed E-state index contributed by atoms with van der Waals surface area (Å²) < 4.78 is 6.96. The maximum atomic E-state index is 11.2. The van der Waals surface area contributed by atoms with Crippen LogP contribution in [0.2, 0.25) is 0 Å². The third kappa shape index (κ3) is 1.30. The van der Waals surface area contributed by atoms with Crippen LogP contribution in [0.5, 0.6) is 0 Å². The second kappa shape index (κ2) is 3.15. The summed E-state index contributed by atoms with van der Waals surface area (Å²) in [6.45, 7) is 1.53.